The summed E-state index contributed by atoms with van der Waals surface area (Å²) in [6.45, 7) is 0.561. The van der Waals surface area contributed by atoms with E-state index in [2.05, 4.69) is 5.32 Å². The molecule has 3 N–H and O–H groups in total. The number of hydrogen-bond donors (Lipinski definition) is 2. The molecule has 1 aliphatic rings. The Morgan fingerprint density at radius 2 is 2.20 bits per heavy atom. The van der Waals surface area contributed by atoms with E-state index in [1.165, 1.54) is 25.3 Å². The number of rotatable bonds is 4. The van der Waals surface area contributed by atoms with Crippen molar-refractivity contribution in [2.24, 2.45) is 11.7 Å². The summed E-state index contributed by atoms with van der Waals surface area (Å²) in [6.07, 6.45) is 4.19. The van der Waals surface area contributed by atoms with Crippen LogP contribution in [0.15, 0.2) is 18.2 Å². The van der Waals surface area contributed by atoms with Crippen LogP contribution >= 0.6 is 0 Å². The molecule has 0 bridgehead atoms. The Hall–Kier alpha value is -1.62. The zero-order chi connectivity index (χ0) is 14.5. The fourth-order valence-corrected chi connectivity index (χ4v) is 2.78. The van der Waals surface area contributed by atoms with Crippen molar-refractivity contribution in [3.05, 3.63) is 29.6 Å². The number of benzene rings is 1. The number of methoxy groups -OCH3 is 1. The van der Waals surface area contributed by atoms with Crippen LogP contribution in [0.25, 0.3) is 0 Å². The van der Waals surface area contributed by atoms with Crippen LogP contribution in [0, 0.1) is 11.7 Å². The molecule has 0 saturated heterocycles. The second kappa shape index (κ2) is 6.70. The highest BCUT2D eigenvalue weighted by Crippen LogP contribution is 2.25. The molecule has 0 aromatic heterocycles. The minimum atomic E-state index is -0.449. The van der Waals surface area contributed by atoms with Gasteiger partial charge in [-0.15, -0.1) is 0 Å². The normalized spacial score (nSPS) is 22.4. The van der Waals surface area contributed by atoms with Gasteiger partial charge in [0.25, 0.3) is 5.91 Å². The zero-order valence-electron chi connectivity index (χ0n) is 11.7. The highest BCUT2D eigenvalue weighted by Gasteiger charge is 2.26. The Labute approximate surface area is 118 Å². The lowest BCUT2D eigenvalue weighted by Crippen LogP contribution is -2.44. The summed E-state index contributed by atoms with van der Waals surface area (Å²) in [4.78, 5) is 12.3. The molecule has 1 saturated carbocycles. The second-order valence-corrected chi connectivity index (χ2v) is 5.20. The van der Waals surface area contributed by atoms with Crippen molar-refractivity contribution < 1.29 is 13.9 Å². The molecule has 0 heterocycles. The molecule has 2 rings (SSSR count). The first-order valence-electron chi connectivity index (χ1n) is 7.00. The van der Waals surface area contributed by atoms with Crippen LogP contribution in [0.3, 0.4) is 0 Å². The first kappa shape index (κ1) is 14.8. The number of ether oxygens (including phenoxy) is 1. The Kier molecular flexibility index (Phi) is 4.95. The lowest BCUT2D eigenvalue weighted by Gasteiger charge is -2.31. The van der Waals surface area contributed by atoms with Crippen molar-refractivity contribution in [2.45, 2.75) is 31.7 Å². The van der Waals surface area contributed by atoms with E-state index in [9.17, 15) is 9.18 Å². The van der Waals surface area contributed by atoms with E-state index in [1.54, 1.807) is 0 Å². The predicted octanol–water partition coefficient (Wildman–Crippen LogP) is 2.08. The Balaban J connectivity index is 2.13. The minimum Gasteiger partial charge on any atom is -0.496 e. The van der Waals surface area contributed by atoms with Crippen molar-refractivity contribution in [2.75, 3.05) is 13.7 Å². The Bertz CT molecular complexity index is 479. The number of nitrogens with two attached hydrogens (primary N) is 1. The third kappa shape index (κ3) is 3.28. The molecular weight excluding hydrogens is 259 g/mol. The number of carbonyl (C=O) groups excluding carboxylic acids is 1. The summed E-state index contributed by atoms with van der Waals surface area (Å²) in [7, 11) is 1.47. The average Bonchev–Trinajstić information content (AvgIpc) is 2.47. The van der Waals surface area contributed by atoms with Crippen LogP contribution in [0.5, 0.6) is 5.75 Å². The summed E-state index contributed by atoms with van der Waals surface area (Å²) in [5.41, 5.74) is 5.98. The largest absolute Gasteiger partial charge is 0.496 e. The standard InChI is InChI=1S/C15H21FN2O2/c1-20-14-7-6-11(16)8-12(14)15(19)18-13-5-3-2-4-10(13)9-17/h6-8,10,13H,2-5,9,17H2,1H3,(H,18,19). The van der Waals surface area contributed by atoms with E-state index < -0.39 is 5.82 Å². The molecular formula is C15H21FN2O2. The Morgan fingerprint density at radius 1 is 1.45 bits per heavy atom. The summed E-state index contributed by atoms with van der Waals surface area (Å²) >= 11 is 0. The lowest BCUT2D eigenvalue weighted by atomic mass is 9.84. The first-order chi connectivity index (χ1) is 9.65. The van der Waals surface area contributed by atoms with Gasteiger partial charge in [0.05, 0.1) is 12.7 Å². The van der Waals surface area contributed by atoms with E-state index in [1.807, 2.05) is 0 Å². The van der Waals surface area contributed by atoms with Crippen molar-refractivity contribution >= 4 is 5.91 Å². The summed E-state index contributed by atoms with van der Waals surface area (Å²) in [5, 5.41) is 2.97. The summed E-state index contributed by atoms with van der Waals surface area (Å²) in [6, 6.07) is 4.01. The quantitative estimate of drug-likeness (QED) is 0.887. The molecule has 2 atom stereocenters. The topological polar surface area (TPSA) is 64.3 Å². The molecule has 5 heteroatoms. The highest BCUT2D eigenvalue weighted by molar-refractivity contribution is 5.97. The van der Waals surface area contributed by atoms with Crippen LogP contribution in [-0.4, -0.2) is 25.6 Å². The molecule has 1 aromatic rings. The number of hydrogen-bond acceptors (Lipinski definition) is 3. The molecule has 0 radical (unpaired) electrons. The van der Waals surface area contributed by atoms with Gasteiger partial charge in [-0.3, -0.25) is 4.79 Å². The molecule has 2 unspecified atom stereocenters. The number of amides is 1. The van der Waals surface area contributed by atoms with Gasteiger partial charge in [-0.2, -0.15) is 0 Å². The molecule has 1 amide bonds. The molecule has 0 spiro atoms. The van der Waals surface area contributed by atoms with Crippen LogP contribution < -0.4 is 15.8 Å². The average molecular weight is 280 g/mol. The van der Waals surface area contributed by atoms with Crippen molar-refractivity contribution in [3.63, 3.8) is 0 Å². The van der Waals surface area contributed by atoms with Gasteiger partial charge in [0.2, 0.25) is 0 Å². The summed E-state index contributed by atoms with van der Waals surface area (Å²) in [5.74, 6) is -0.0714. The van der Waals surface area contributed by atoms with Gasteiger partial charge in [0.15, 0.2) is 0 Å². The minimum absolute atomic E-state index is 0.0641. The third-order valence-corrected chi connectivity index (χ3v) is 3.93. The van der Waals surface area contributed by atoms with Gasteiger partial charge < -0.3 is 15.8 Å². The predicted molar refractivity (Wildman–Crippen MR) is 75.2 cm³/mol. The van der Waals surface area contributed by atoms with E-state index in [0.29, 0.717) is 18.2 Å². The second-order valence-electron chi connectivity index (χ2n) is 5.20. The van der Waals surface area contributed by atoms with Gasteiger partial charge in [-0.05, 0) is 43.5 Å². The smallest absolute Gasteiger partial charge is 0.255 e. The van der Waals surface area contributed by atoms with Crippen molar-refractivity contribution in [1.82, 2.24) is 5.32 Å². The lowest BCUT2D eigenvalue weighted by molar-refractivity contribution is 0.0904. The molecule has 1 aromatic carbocycles. The highest BCUT2D eigenvalue weighted by atomic mass is 19.1. The maximum atomic E-state index is 13.3. The molecule has 110 valence electrons. The maximum Gasteiger partial charge on any atom is 0.255 e. The van der Waals surface area contributed by atoms with Gasteiger partial charge in [-0.1, -0.05) is 12.8 Å². The fourth-order valence-electron chi connectivity index (χ4n) is 2.78. The zero-order valence-corrected chi connectivity index (χ0v) is 11.7. The van der Waals surface area contributed by atoms with Crippen molar-refractivity contribution in [1.29, 1.82) is 0 Å². The number of nitrogens with one attached hydrogen (secondary N) is 1. The van der Waals surface area contributed by atoms with E-state index in [4.69, 9.17) is 10.5 Å². The van der Waals surface area contributed by atoms with E-state index in [-0.39, 0.29) is 17.5 Å². The molecule has 0 aliphatic heterocycles. The van der Waals surface area contributed by atoms with E-state index in [0.717, 1.165) is 25.7 Å². The molecule has 1 aliphatic carbocycles. The van der Waals surface area contributed by atoms with E-state index >= 15 is 0 Å². The van der Waals surface area contributed by atoms with Crippen LogP contribution in [0.4, 0.5) is 4.39 Å². The molecule has 1 fully saturated rings. The maximum absolute atomic E-state index is 13.3. The Morgan fingerprint density at radius 3 is 2.90 bits per heavy atom. The van der Waals surface area contributed by atoms with Gasteiger partial charge in [0.1, 0.15) is 11.6 Å². The van der Waals surface area contributed by atoms with Crippen LogP contribution in [0.1, 0.15) is 36.0 Å². The summed E-state index contributed by atoms with van der Waals surface area (Å²) < 4.78 is 18.4. The molecule has 4 nitrogen and oxygen atoms in total. The molecule has 20 heavy (non-hydrogen) atoms. The van der Waals surface area contributed by atoms with Gasteiger partial charge in [0, 0.05) is 6.04 Å². The van der Waals surface area contributed by atoms with Gasteiger partial charge >= 0.3 is 0 Å². The number of halogens is 1. The fraction of sp³-hybridized carbons (Fsp3) is 0.533. The SMILES string of the molecule is COc1ccc(F)cc1C(=O)NC1CCCCC1CN. The van der Waals surface area contributed by atoms with Gasteiger partial charge in [-0.25, -0.2) is 4.39 Å². The van der Waals surface area contributed by atoms with Crippen LogP contribution in [0.2, 0.25) is 0 Å². The van der Waals surface area contributed by atoms with Crippen LogP contribution in [-0.2, 0) is 0 Å². The monoisotopic (exact) mass is 280 g/mol. The number of carbonyl (C=O) groups is 1. The van der Waals surface area contributed by atoms with Crippen molar-refractivity contribution in [3.8, 4) is 5.75 Å². The first-order valence-corrected chi connectivity index (χ1v) is 7.00. The third-order valence-electron chi connectivity index (χ3n) is 3.93.